The number of hydrogen-bond donors (Lipinski definition) is 1. The van der Waals surface area contributed by atoms with Crippen LogP contribution in [0.4, 0.5) is 0 Å². The van der Waals surface area contributed by atoms with E-state index >= 15 is 0 Å². The second-order valence-corrected chi connectivity index (χ2v) is 6.07. The van der Waals surface area contributed by atoms with Crippen LogP contribution in [0.25, 0.3) is 0 Å². The van der Waals surface area contributed by atoms with Gasteiger partial charge in [0.25, 0.3) is 0 Å². The van der Waals surface area contributed by atoms with Gasteiger partial charge >= 0.3 is 0 Å². The third-order valence-corrected chi connectivity index (χ3v) is 4.48. The molecule has 0 spiro atoms. The van der Waals surface area contributed by atoms with Crippen molar-refractivity contribution in [1.29, 1.82) is 0 Å². The first-order valence-corrected chi connectivity index (χ1v) is 7.25. The number of hydrogen-bond acceptors (Lipinski definition) is 3. The first-order chi connectivity index (χ1) is 7.79. The molecular weight excluding hydrogens is 218 g/mol. The van der Waals surface area contributed by atoms with Crippen molar-refractivity contribution >= 4 is 11.8 Å². The van der Waals surface area contributed by atoms with Gasteiger partial charge in [0.1, 0.15) is 5.76 Å². The highest BCUT2D eigenvalue weighted by Gasteiger charge is 2.25. The van der Waals surface area contributed by atoms with Gasteiger partial charge in [0.05, 0.1) is 12.3 Å². The quantitative estimate of drug-likeness (QED) is 0.850. The first kappa shape index (κ1) is 12.1. The average molecular weight is 239 g/mol. The Morgan fingerprint density at radius 3 is 3.12 bits per heavy atom. The van der Waals surface area contributed by atoms with Crippen molar-refractivity contribution in [2.75, 3.05) is 5.75 Å². The van der Waals surface area contributed by atoms with Gasteiger partial charge in [-0.05, 0) is 44.1 Å². The van der Waals surface area contributed by atoms with E-state index in [2.05, 4.69) is 30.9 Å². The summed E-state index contributed by atoms with van der Waals surface area (Å²) in [5.74, 6) is 2.29. The van der Waals surface area contributed by atoms with Crippen LogP contribution in [0.2, 0.25) is 0 Å². The highest BCUT2D eigenvalue weighted by Crippen LogP contribution is 2.31. The van der Waals surface area contributed by atoms with Crippen molar-refractivity contribution in [1.82, 2.24) is 5.32 Å². The number of rotatable bonds is 5. The summed E-state index contributed by atoms with van der Waals surface area (Å²) in [7, 11) is 0. The predicted octanol–water partition coefficient (Wildman–Crippen LogP) is 3.60. The lowest BCUT2D eigenvalue weighted by molar-refractivity contribution is 0.390. The van der Waals surface area contributed by atoms with Crippen LogP contribution in [0.1, 0.15) is 44.9 Å². The maximum atomic E-state index is 5.41. The lowest BCUT2D eigenvalue weighted by Crippen LogP contribution is -2.29. The molecule has 1 aliphatic rings. The van der Waals surface area contributed by atoms with E-state index in [-0.39, 0.29) is 0 Å². The normalized spacial score (nSPS) is 27.1. The van der Waals surface area contributed by atoms with Crippen molar-refractivity contribution in [2.24, 2.45) is 0 Å². The summed E-state index contributed by atoms with van der Waals surface area (Å²) in [5.41, 5.74) is 0. The zero-order valence-electron chi connectivity index (χ0n) is 10.1. The van der Waals surface area contributed by atoms with Crippen LogP contribution in [-0.4, -0.2) is 17.0 Å². The minimum Gasteiger partial charge on any atom is -0.468 e. The third kappa shape index (κ3) is 3.05. The fourth-order valence-electron chi connectivity index (χ4n) is 2.45. The van der Waals surface area contributed by atoms with Crippen LogP contribution in [-0.2, 0) is 0 Å². The molecule has 1 aromatic rings. The minimum absolute atomic E-state index is 0.338. The van der Waals surface area contributed by atoms with Gasteiger partial charge in [-0.3, -0.25) is 0 Å². The Balaban J connectivity index is 1.78. The molecule has 0 bridgehead atoms. The molecule has 16 heavy (non-hydrogen) atoms. The summed E-state index contributed by atoms with van der Waals surface area (Å²) >= 11 is 2.10. The molecule has 1 fully saturated rings. The molecule has 0 saturated heterocycles. The molecule has 3 unspecified atom stereocenters. The van der Waals surface area contributed by atoms with Gasteiger partial charge < -0.3 is 9.73 Å². The zero-order chi connectivity index (χ0) is 11.4. The molecule has 1 N–H and O–H groups in total. The fraction of sp³-hybridized carbons (Fsp3) is 0.692. The topological polar surface area (TPSA) is 25.2 Å². The van der Waals surface area contributed by atoms with Crippen LogP contribution in [0.3, 0.4) is 0 Å². The Morgan fingerprint density at radius 1 is 1.56 bits per heavy atom. The number of furan rings is 1. The summed E-state index contributed by atoms with van der Waals surface area (Å²) in [6, 6.07) is 5.01. The molecule has 2 rings (SSSR count). The number of thioether (sulfide) groups is 1. The summed E-state index contributed by atoms with van der Waals surface area (Å²) in [4.78, 5) is 0. The molecule has 3 atom stereocenters. The van der Waals surface area contributed by atoms with Crippen LogP contribution in [0.15, 0.2) is 22.8 Å². The average Bonchev–Trinajstić information content (AvgIpc) is 2.89. The summed E-state index contributed by atoms with van der Waals surface area (Å²) in [6.45, 7) is 4.43. The Bertz CT molecular complexity index is 299. The molecule has 3 heteroatoms. The van der Waals surface area contributed by atoms with Crippen LogP contribution >= 0.6 is 11.8 Å². The van der Waals surface area contributed by atoms with E-state index in [9.17, 15) is 0 Å². The molecule has 0 amide bonds. The highest BCUT2D eigenvalue weighted by molar-refractivity contribution is 7.99. The maximum Gasteiger partial charge on any atom is 0.120 e. The smallest absolute Gasteiger partial charge is 0.120 e. The van der Waals surface area contributed by atoms with Crippen molar-refractivity contribution in [3.05, 3.63) is 24.2 Å². The highest BCUT2D eigenvalue weighted by atomic mass is 32.2. The van der Waals surface area contributed by atoms with E-state index in [1.807, 2.05) is 12.1 Å². The van der Waals surface area contributed by atoms with Gasteiger partial charge in [0.15, 0.2) is 0 Å². The molecule has 1 heterocycles. The van der Waals surface area contributed by atoms with E-state index in [4.69, 9.17) is 4.42 Å². The lowest BCUT2D eigenvalue weighted by atomic mass is 10.2. The molecule has 1 aromatic heterocycles. The number of nitrogens with one attached hydrogen (secondary N) is 1. The first-order valence-electron chi connectivity index (χ1n) is 6.20. The van der Waals surface area contributed by atoms with Crippen molar-refractivity contribution < 1.29 is 4.42 Å². The summed E-state index contributed by atoms with van der Waals surface area (Å²) in [5, 5.41) is 4.53. The van der Waals surface area contributed by atoms with E-state index < -0.39 is 0 Å². The van der Waals surface area contributed by atoms with Crippen molar-refractivity contribution in [2.45, 2.75) is 50.4 Å². The van der Waals surface area contributed by atoms with E-state index in [1.54, 1.807) is 6.26 Å². The second-order valence-electron chi connectivity index (χ2n) is 4.49. The molecule has 1 saturated carbocycles. The Labute approximate surface area is 102 Å². The summed E-state index contributed by atoms with van der Waals surface area (Å²) < 4.78 is 5.41. The van der Waals surface area contributed by atoms with Gasteiger partial charge in [-0.25, -0.2) is 0 Å². The van der Waals surface area contributed by atoms with E-state index in [1.165, 1.54) is 25.0 Å². The Morgan fingerprint density at radius 2 is 2.44 bits per heavy atom. The van der Waals surface area contributed by atoms with Crippen molar-refractivity contribution in [3.63, 3.8) is 0 Å². The zero-order valence-corrected chi connectivity index (χ0v) is 10.9. The molecule has 0 aromatic carbocycles. The standard InChI is InChI=1S/C13H21NOS/c1-3-16-12-7-6-11(9-12)14-10(2)13-5-4-8-15-13/h4-5,8,10-12,14H,3,6-7,9H2,1-2H3. The van der Waals surface area contributed by atoms with E-state index in [0.29, 0.717) is 12.1 Å². The molecular formula is C13H21NOS. The van der Waals surface area contributed by atoms with Crippen LogP contribution in [0, 0.1) is 0 Å². The maximum absolute atomic E-state index is 5.41. The minimum atomic E-state index is 0.338. The van der Waals surface area contributed by atoms with Crippen molar-refractivity contribution in [3.8, 4) is 0 Å². The second kappa shape index (κ2) is 5.78. The third-order valence-electron chi connectivity index (χ3n) is 3.24. The lowest BCUT2D eigenvalue weighted by Gasteiger charge is -2.17. The molecule has 0 aliphatic heterocycles. The molecule has 90 valence electrons. The van der Waals surface area contributed by atoms with Gasteiger partial charge in [-0.1, -0.05) is 6.92 Å². The van der Waals surface area contributed by atoms with Gasteiger partial charge in [0, 0.05) is 11.3 Å². The van der Waals surface area contributed by atoms with E-state index in [0.717, 1.165) is 11.0 Å². The molecule has 2 nitrogen and oxygen atoms in total. The van der Waals surface area contributed by atoms with Gasteiger partial charge in [-0.2, -0.15) is 11.8 Å². The van der Waals surface area contributed by atoms with Gasteiger partial charge in [-0.15, -0.1) is 0 Å². The van der Waals surface area contributed by atoms with Gasteiger partial charge in [0.2, 0.25) is 0 Å². The molecule has 0 radical (unpaired) electrons. The predicted molar refractivity (Wildman–Crippen MR) is 69.8 cm³/mol. The Kier molecular flexibility index (Phi) is 4.36. The molecule has 1 aliphatic carbocycles. The Hall–Kier alpha value is -0.410. The monoisotopic (exact) mass is 239 g/mol. The van der Waals surface area contributed by atoms with Crippen LogP contribution < -0.4 is 5.32 Å². The van der Waals surface area contributed by atoms with Crippen LogP contribution in [0.5, 0.6) is 0 Å². The fourth-order valence-corrected chi connectivity index (χ4v) is 3.59. The SMILES string of the molecule is CCSC1CCC(NC(C)c2ccco2)C1. The summed E-state index contributed by atoms with van der Waals surface area (Å²) in [6.07, 6.45) is 5.73. The largest absolute Gasteiger partial charge is 0.468 e.